The predicted molar refractivity (Wildman–Crippen MR) is 81.4 cm³/mol. The number of hydrogen-bond acceptors (Lipinski definition) is 5. The number of aromatic hydroxyl groups is 1. The van der Waals surface area contributed by atoms with Crippen molar-refractivity contribution in [3.8, 4) is 16.9 Å². The van der Waals surface area contributed by atoms with E-state index < -0.39 is 6.10 Å². The highest BCUT2D eigenvalue weighted by Gasteiger charge is 2.16. The van der Waals surface area contributed by atoms with Gasteiger partial charge in [0.2, 0.25) is 0 Å². The number of phenolic OH excluding ortho intramolecular Hbond substituents is 1. The summed E-state index contributed by atoms with van der Waals surface area (Å²) in [4.78, 5) is 3.94. The van der Waals surface area contributed by atoms with Crippen molar-refractivity contribution in [1.29, 1.82) is 0 Å². The van der Waals surface area contributed by atoms with Crippen LogP contribution in [0, 0.1) is 13.8 Å². The van der Waals surface area contributed by atoms with Crippen LogP contribution in [0.4, 0.5) is 0 Å². The average molecular weight is 296 g/mol. The van der Waals surface area contributed by atoms with Gasteiger partial charge in [0, 0.05) is 18.0 Å². The average Bonchev–Trinajstić information content (AvgIpc) is 2.86. The minimum Gasteiger partial charge on any atom is -0.508 e. The Morgan fingerprint density at radius 3 is 2.41 bits per heavy atom. The molecule has 0 aliphatic heterocycles. The molecule has 1 atom stereocenters. The number of pyridine rings is 1. The van der Waals surface area contributed by atoms with E-state index in [0.717, 1.165) is 16.8 Å². The molecule has 22 heavy (non-hydrogen) atoms. The topological polar surface area (TPSA) is 79.4 Å². The van der Waals surface area contributed by atoms with Gasteiger partial charge in [-0.2, -0.15) is 0 Å². The van der Waals surface area contributed by atoms with Gasteiger partial charge in [-0.15, -0.1) is 0 Å². The van der Waals surface area contributed by atoms with E-state index in [4.69, 9.17) is 4.52 Å². The van der Waals surface area contributed by atoms with Crippen molar-refractivity contribution in [3.63, 3.8) is 0 Å². The molecule has 2 aromatic heterocycles. The Hall–Kier alpha value is -2.66. The minimum absolute atomic E-state index is 0.0839. The van der Waals surface area contributed by atoms with Crippen molar-refractivity contribution < 1.29 is 14.7 Å². The molecule has 2 heterocycles. The first-order valence-electron chi connectivity index (χ1n) is 6.91. The molecule has 0 aliphatic carbocycles. The standard InChI is InChI=1S/C17H16N2O3/c1-10-16(11(2)22-19-10)13-7-14(9-15(20)8-13)17(21)12-3-5-18-6-4-12/h3-9,17,20-21H,1-2H3. The molecule has 112 valence electrons. The third-order valence-electron chi connectivity index (χ3n) is 3.60. The molecule has 0 spiro atoms. The van der Waals surface area contributed by atoms with E-state index in [1.54, 1.807) is 36.7 Å². The van der Waals surface area contributed by atoms with E-state index in [-0.39, 0.29) is 5.75 Å². The monoisotopic (exact) mass is 296 g/mol. The summed E-state index contributed by atoms with van der Waals surface area (Å²) in [5.41, 5.74) is 3.65. The fraction of sp³-hybridized carbons (Fsp3) is 0.176. The van der Waals surface area contributed by atoms with Crippen molar-refractivity contribution in [2.45, 2.75) is 20.0 Å². The first-order valence-corrected chi connectivity index (χ1v) is 6.91. The first-order chi connectivity index (χ1) is 10.6. The highest BCUT2D eigenvalue weighted by Crippen LogP contribution is 2.33. The quantitative estimate of drug-likeness (QED) is 0.776. The molecule has 3 aromatic rings. The molecule has 0 aliphatic rings. The van der Waals surface area contributed by atoms with Crippen LogP contribution in [-0.4, -0.2) is 20.4 Å². The Labute approximate surface area is 127 Å². The van der Waals surface area contributed by atoms with E-state index >= 15 is 0 Å². The Morgan fingerprint density at radius 1 is 1.05 bits per heavy atom. The number of aromatic nitrogens is 2. The smallest absolute Gasteiger partial charge is 0.141 e. The van der Waals surface area contributed by atoms with Gasteiger partial charge in [-0.1, -0.05) is 5.16 Å². The van der Waals surface area contributed by atoms with Crippen molar-refractivity contribution in [1.82, 2.24) is 10.1 Å². The fourth-order valence-corrected chi connectivity index (χ4v) is 2.57. The third-order valence-corrected chi connectivity index (χ3v) is 3.60. The predicted octanol–water partition coefficient (Wildman–Crippen LogP) is 3.14. The summed E-state index contributed by atoms with van der Waals surface area (Å²) in [6.07, 6.45) is 2.40. The zero-order valence-corrected chi connectivity index (χ0v) is 12.3. The van der Waals surface area contributed by atoms with Crippen LogP contribution in [0.5, 0.6) is 5.75 Å². The number of hydrogen-bond donors (Lipinski definition) is 2. The second-order valence-corrected chi connectivity index (χ2v) is 5.20. The molecule has 5 heteroatoms. The molecule has 0 radical (unpaired) electrons. The number of phenols is 1. The molecular weight excluding hydrogens is 280 g/mol. The summed E-state index contributed by atoms with van der Waals surface area (Å²) >= 11 is 0. The first kappa shape index (κ1) is 14.3. The maximum Gasteiger partial charge on any atom is 0.141 e. The Kier molecular flexibility index (Phi) is 3.65. The van der Waals surface area contributed by atoms with Crippen molar-refractivity contribution >= 4 is 0 Å². The van der Waals surface area contributed by atoms with Gasteiger partial charge in [-0.3, -0.25) is 4.98 Å². The van der Waals surface area contributed by atoms with Crippen LogP contribution in [0.1, 0.15) is 28.7 Å². The van der Waals surface area contributed by atoms with Crippen LogP contribution in [0.25, 0.3) is 11.1 Å². The molecule has 5 nitrogen and oxygen atoms in total. The van der Waals surface area contributed by atoms with Gasteiger partial charge in [0.25, 0.3) is 0 Å². The second-order valence-electron chi connectivity index (χ2n) is 5.20. The van der Waals surface area contributed by atoms with Gasteiger partial charge in [-0.05, 0) is 60.9 Å². The van der Waals surface area contributed by atoms with Crippen molar-refractivity contribution in [3.05, 3.63) is 65.3 Å². The lowest BCUT2D eigenvalue weighted by molar-refractivity contribution is 0.220. The van der Waals surface area contributed by atoms with Gasteiger partial charge >= 0.3 is 0 Å². The lowest BCUT2D eigenvalue weighted by Crippen LogP contribution is -2.00. The summed E-state index contributed by atoms with van der Waals surface area (Å²) in [5.74, 6) is 0.757. The SMILES string of the molecule is Cc1noc(C)c1-c1cc(O)cc(C(O)c2ccncc2)c1. The highest BCUT2D eigenvalue weighted by atomic mass is 16.5. The van der Waals surface area contributed by atoms with Crippen LogP contribution in [0.15, 0.2) is 47.2 Å². The van der Waals surface area contributed by atoms with Crippen LogP contribution in [0.3, 0.4) is 0 Å². The number of benzene rings is 1. The molecule has 1 unspecified atom stereocenters. The maximum atomic E-state index is 10.5. The van der Waals surface area contributed by atoms with Crippen LogP contribution >= 0.6 is 0 Å². The van der Waals surface area contributed by atoms with E-state index in [1.165, 1.54) is 0 Å². The summed E-state index contributed by atoms with van der Waals surface area (Å²) in [6.45, 7) is 3.66. The summed E-state index contributed by atoms with van der Waals surface area (Å²) < 4.78 is 5.17. The van der Waals surface area contributed by atoms with Crippen molar-refractivity contribution in [2.75, 3.05) is 0 Å². The Balaban J connectivity index is 2.08. The number of aryl methyl sites for hydroxylation is 2. The highest BCUT2D eigenvalue weighted by molar-refractivity contribution is 5.70. The van der Waals surface area contributed by atoms with Gasteiger partial charge in [0.1, 0.15) is 17.6 Å². The molecule has 0 amide bonds. The molecule has 0 saturated heterocycles. The molecule has 1 aromatic carbocycles. The van der Waals surface area contributed by atoms with Crippen LogP contribution in [0.2, 0.25) is 0 Å². The lowest BCUT2D eigenvalue weighted by Gasteiger charge is -2.13. The zero-order chi connectivity index (χ0) is 15.7. The molecule has 3 rings (SSSR count). The normalized spacial score (nSPS) is 12.3. The number of aliphatic hydroxyl groups is 1. The number of aliphatic hydroxyl groups excluding tert-OH is 1. The molecular formula is C17H16N2O3. The van der Waals surface area contributed by atoms with Gasteiger partial charge in [0.15, 0.2) is 0 Å². The van der Waals surface area contributed by atoms with Gasteiger partial charge in [-0.25, -0.2) is 0 Å². The zero-order valence-electron chi connectivity index (χ0n) is 12.3. The van der Waals surface area contributed by atoms with Crippen molar-refractivity contribution in [2.24, 2.45) is 0 Å². The van der Waals surface area contributed by atoms with Crippen LogP contribution < -0.4 is 0 Å². The van der Waals surface area contributed by atoms with Crippen LogP contribution in [-0.2, 0) is 0 Å². The fourth-order valence-electron chi connectivity index (χ4n) is 2.57. The third kappa shape index (κ3) is 2.58. The van der Waals surface area contributed by atoms with Gasteiger partial charge in [0.05, 0.1) is 5.69 Å². The van der Waals surface area contributed by atoms with E-state index in [9.17, 15) is 10.2 Å². The minimum atomic E-state index is -0.839. The van der Waals surface area contributed by atoms with E-state index in [1.807, 2.05) is 19.9 Å². The lowest BCUT2D eigenvalue weighted by atomic mass is 9.96. The van der Waals surface area contributed by atoms with Gasteiger partial charge < -0.3 is 14.7 Å². The van der Waals surface area contributed by atoms with E-state index in [0.29, 0.717) is 16.9 Å². The Morgan fingerprint density at radius 2 is 1.77 bits per heavy atom. The number of rotatable bonds is 3. The van der Waals surface area contributed by atoms with E-state index in [2.05, 4.69) is 10.1 Å². The molecule has 0 fully saturated rings. The molecule has 0 saturated carbocycles. The summed E-state index contributed by atoms with van der Waals surface area (Å²) in [7, 11) is 0. The largest absolute Gasteiger partial charge is 0.508 e. The molecule has 0 bridgehead atoms. The number of nitrogens with zero attached hydrogens (tertiary/aromatic N) is 2. The second kappa shape index (κ2) is 5.61. The Bertz CT molecular complexity index is 777. The molecule has 2 N–H and O–H groups in total. The summed E-state index contributed by atoms with van der Waals surface area (Å²) in [6, 6.07) is 8.49. The maximum absolute atomic E-state index is 10.5. The summed E-state index contributed by atoms with van der Waals surface area (Å²) in [5, 5.41) is 24.4.